The second-order valence-electron chi connectivity index (χ2n) is 9.57. The number of carbonyl (C=O) groups excluding carboxylic acids is 1. The number of benzene rings is 3. The molecule has 4 atom stereocenters. The smallest absolute Gasteiger partial charge is 0.218 e. The van der Waals surface area contributed by atoms with Crippen LogP contribution in [0.3, 0.4) is 0 Å². The van der Waals surface area contributed by atoms with Crippen molar-refractivity contribution in [2.24, 2.45) is 0 Å². The minimum Gasteiger partial charge on any atom is -0.375 e. The van der Waals surface area contributed by atoms with E-state index in [1.165, 1.54) is 0 Å². The summed E-state index contributed by atoms with van der Waals surface area (Å²) in [7, 11) is 0. The first-order valence-corrected chi connectivity index (χ1v) is 13.1. The molecule has 0 radical (unpaired) electrons. The highest BCUT2D eigenvalue weighted by atomic mass is 16.5. The third-order valence-corrected chi connectivity index (χ3v) is 6.75. The molecule has 0 spiro atoms. The Bertz CT molecular complexity index is 1060. The van der Waals surface area contributed by atoms with Gasteiger partial charge in [0.2, 0.25) is 5.91 Å². The monoisotopic (exact) mass is 502 g/mol. The Hall–Kier alpha value is -3.03. The maximum atomic E-state index is 11.9. The average molecular weight is 503 g/mol. The predicted molar refractivity (Wildman–Crippen MR) is 145 cm³/mol. The van der Waals surface area contributed by atoms with Crippen molar-refractivity contribution in [3.63, 3.8) is 0 Å². The van der Waals surface area contributed by atoms with Crippen molar-refractivity contribution < 1.29 is 19.0 Å². The van der Waals surface area contributed by atoms with Crippen LogP contribution in [0.25, 0.3) is 0 Å². The summed E-state index contributed by atoms with van der Waals surface area (Å²) in [4.78, 5) is 14.2. The number of carbonyl (C=O) groups is 1. The normalized spacial score (nSPS) is 20.9. The molecule has 37 heavy (non-hydrogen) atoms. The first-order valence-electron chi connectivity index (χ1n) is 13.1. The number of piperidine rings is 1. The summed E-state index contributed by atoms with van der Waals surface area (Å²) >= 11 is 0. The number of ether oxygens (including phenoxy) is 3. The van der Waals surface area contributed by atoms with Crippen molar-refractivity contribution in [1.82, 2.24) is 10.2 Å². The van der Waals surface area contributed by atoms with Gasteiger partial charge in [0.05, 0.1) is 44.7 Å². The lowest BCUT2D eigenvalue weighted by molar-refractivity contribution is -0.166. The number of amides is 1. The minimum absolute atomic E-state index is 0.0549. The molecular weight excluding hydrogens is 464 g/mol. The Morgan fingerprint density at radius 2 is 1.35 bits per heavy atom. The van der Waals surface area contributed by atoms with Gasteiger partial charge in [-0.2, -0.15) is 0 Å². The van der Waals surface area contributed by atoms with Crippen molar-refractivity contribution in [2.75, 3.05) is 13.2 Å². The zero-order valence-electron chi connectivity index (χ0n) is 21.8. The number of nitrogens with one attached hydrogen (secondary N) is 1. The van der Waals surface area contributed by atoms with Gasteiger partial charge < -0.3 is 19.5 Å². The Morgan fingerprint density at radius 1 is 0.838 bits per heavy atom. The van der Waals surface area contributed by atoms with Gasteiger partial charge in [0.25, 0.3) is 0 Å². The molecule has 1 amide bonds. The molecule has 1 unspecified atom stereocenters. The molecule has 3 aromatic carbocycles. The summed E-state index contributed by atoms with van der Waals surface area (Å²) in [5.74, 6) is -0.0549. The number of nitrogens with zero attached hydrogens (tertiary/aromatic N) is 1. The van der Waals surface area contributed by atoms with Crippen LogP contribution < -0.4 is 5.32 Å². The standard InChI is InChI=1S/C31H38N2O4/c1-24(32-25(2)34)33-19-18-30(36-21-27-14-8-4-9-15-27)31(37-22-28-16-10-5-11-17-28)29(33)23-35-20-26-12-6-3-7-13-26/h3-17,24,29-31H,18-23H2,1-2H3,(H,32,34)/t24?,29-,30+,31+/m0/s1. The molecule has 1 aliphatic heterocycles. The van der Waals surface area contributed by atoms with E-state index in [2.05, 4.69) is 46.6 Å². The maximum Gasteiger partial charge on any atom is 0.218 e. The molecule has 1 heterocycles. The van der Waals surface area contributed by atoms with E-state index in [0.29, 0.717) is 26.4 Å². The molecule has 1 aliphatic rings. The van der Waals surface area contributed by atoms with Crippen molar-refractivity contribution >= 4 is 5.91 Å². The largest absolute Gasteiger partial charge is 0.375 e. The van der Waals surface area contributed by atoms with Gasteiger partial charge in [-0.05, 0) is 30.0 Å². The molecule has 196 valence electrons. The van der Waals surface area contributed by atoms with Crippen LogP contribution in [0, 0.1) is 0 Å². The lowest BCUT2D eigenvalue weighted by atomic mass is 9.95. The molecule has 4 rings (SSSR count). The van der Waals surface area contributed by atoms with E-state index in [4.69, 9.17) is 14.2 Å². The van der Waals surface area contributed by atoms with Crippen molar-refractivity contribution in [1.29, 1.82) is 0 Å². The van der Waals surface area contributed by atoms with E-state index >= 15 is 0 Å². The van der Waals surface area contributed by atoms with Crippen LogP contribution in [0.4, 0.5) is 0 Å². The highest BCUT2D eigenvalue weighted by Crippen LogP contribution is 2.27. The fourth-order valence-electron chi connectivity index (χ4n) is 4.90. The maximum absolute atomic E-state index is 11.9. The summed E-state index contributed by atoms with van der Waals surface area (Å²) in [6, 6.07) is 30.5. The Labute approximate surface area is 220 Å². The van der Waals surface area contributed by atoms with Crippen LogP contribution in [0.15, 0.2) is 91.0 Å². The highest BCUT2D eigenvalue weighted by molar-refractivity contribution is 5.73. The molecule has 6 nitrogen and oxygen atoms in total. The topological polar surface area (TPSA) is 60.0 Å². The van der Waals surface area contributed by atoms with Gasteiger partial charge in [0.15, 0.2) is 0 Å². The van der Waals surface area contributed by atoms with E-state index in [1.54, 1.807) is 6.92 Å². The third kappa shape index (κ3) is 8.23. The van der Waals surface area contributed by atoms with Crippen LogP contribution in [0.1, 0.15) is 37.0 Å². The number of hydrogen-bond acceptors (Lipinski definition) is 5. The van der Waals surface area contributed by atoms with Gasteiger partial charge in [-0.15, -0.1) is 0 Å². The molecule has 3 aromatic rings. The molecule has 6 heteroatoms. The Morgan fingerprint density at radius 3 is 1.89 bits per heavy atom. The lowest BCUT2D eigenvalue weighted by Gasteiger charge is -2.47. The number of hydrogen-bond donors (Lipinski definition) is 1. The summed E-state index contributed by atoms with van der Waals surface area (Å²) in [5.41, 5.74) is 3.37. The van der Waals surface area contributed by atoms with E-state index in [1.807, 2.05) is 61.5 Å². The van der Waals surface area contributed by atoms with Crippen LogP contribution in [0.2, 0.25) is 0 Å². The van der Waals surface area contributed by atoms with Gasteiger partial charge >= 0.3 is 0 Å². The zero-order valence-corrected chi connectivity index (χ0v) is 21.8. The van der Waals surface area contributed by atoms with E-state index in [0.717, 1.165) is 29.7 Å². The molecule has 0 aromatic heterocycles. The van der Waals surface area contributed by atoms with Crippen molar-refractivity contribution in [2.45, 2.75) is 64.5 Å². The summed E-state index contributed by atoms with van der Waals surface area (Å²) in [5, 5.41) is 3.05. The average Bonchev–Trinajstić information content (AvgIpc) is 2.92. The highest BCUT2D eigenvalue weighted by Gasteiger charge is 2.41. The predicted octanol–water partition coefficient (Wildman–Crippen LogP) is 4.93. The Kier molecular flexibility index (Phi) is 10.3. The molecule has 0 aliphatic carbocycles. The van der Waals surface area contributed by atoms with Gasteiger partial charge in [-0.3, -0.25) is 9.69 Å². The van der Waals surface area contributed by atoms with Crippen molar-refractivity contribution in [3.8, 4) is 0 Å². The first-order chi connectivity index (χ1) is 18.1. The summed E-state index contributed by atoms with van der Waals surface area (Å²) in [6.07, 6.45) is 0.311. The van der Waals surface area contributed by atoms with Gasteiger partial charge in [0, 0.05) is 13.5 Å². The molecule has 0 bridgehead atoms. The first kappa shape index (κ1) is 27.0. The second kappa shape index (κ2) is 14.1. The SMILES string of the molecule is CC(=O)NC(C)N1CC[C@@H](OCc2ccccc2)[C@H](OCc2ccccc2)[C@@H]1COCc1ccccc1. The van der Waals surface area contributed by atoms with Crippen molar-refractivity contribution in [3.05, 3.63) is 108 Å². The zero-order chi connectivity index (χ0) is 25.9. The Balaban J connectivity index is 1.53. The molecule has 1 saturated heterocycles. The fraction of sp³-hybridized carbons (Fsp3) is 0.387. The lowest BCUT2D eigenvalue weighted by Crippen LogP contribution is -2.63. The number of likely N-dealkylation sites (tertiary alicyclic amines) is 1. The third-order valence-electron chi connectivity index (χ3n) is 6.75. The van der Waals surface area contributed by atoms with Gasteiger partial charge in [-0.25, -0.2) is 0 Å². The quantitative estimate of drug-likeness (QED) is 0.381. The second-order valence-corrected chi connectivity index (χ2v) is 9.57. The molecular formula is C31H38N2O4. The molecule has 1 N–H and O–H groups in total. The van der Waals surface area contributed by atoms with E-state index in [-0.39, 0.29) is 30.3 Å². The van der Waals surface area contributed by atoms with Crippen LogP contribution in [0.5, 0.6) is 0 Å². The minimum atomic E-state index is -0.232. The molecule has 0 saturated carbocycles. The van der Waals surface area contributed by atoms with Crippen LogP contribution in [-0.2, 0) is 38.8 Å². The summed E-state index contributed by atoms with van der Waals surface area (Å²) in [6.45, 7) is 6.32. The van der Waals surface area contributed by atoms with Crippen LogP contribution in [-0.4, -0.2) is 48.4 Å². The van der Waals surface area contributed by atoms with E-state index < -0.39 is 0 Å². The van der Waals surface area contributed by atoms with E-state index in [9.17, 15) is 4.79 Å². The van der Waals surface area contributed by atoms with Crippen LogP contribution >= 0.6 is 0 Å². The molecule has 1 fully saturated rings. The summed E-state index contributed by atoms with van der Waals surface area (Å²) < 4.78 is 19.3. The van der Waals surface area contributed by atoms with Gasteiger partial charge in [-0.1, -0.05) is 91.0 Å². The van der Waals surface area contributed by atoms with Gasteiger partial charge in [0.1, 0.15) is 6.10 Å². The number of rotatable bonds is 12. The fourth-order valence-corrected chi connectivity index (χ4v) is 4.90.